The van der Waals surface area contributed by atoms with E-state index in [4.69, 9.17) is 5.73 Å². The first kappa shape index (κ1) is 26.0. The Kier molecular flexibility index (Phi) is 7.93. The number of carbonyl (C=O) groups excluding carboxylic acids is 2. The summed E-state index contributed by atoms with van der Waals surface area (Å²) in [6.07, 6.45) is 4.59. The summed E-state index contributed by atoms with van der Waals surface area (Å²) in [5.74, 6) is -2.39. The van der Waals surface area contributed by atoms with Gasteiger partial charge < -0.3 is 31.4 Å². The number of aromatic amines is 2. The molecule has 0 radical (unpaired) electrons. The average molecular weight is 504 g/mol. The van der Waals surface area contributed by atoms with Gasteiger partial charge in [-0.25, -0.2) is 4.79 Å². The fourth-order valence-electron chi connectivity index (χ4n) is 4.57. The highest BCUT2D eigenvalue weighted by Gasteiger charge is 2.31. The molecule has 0 aliphatic heterocycles. The summed E-state index contributed by atoms with van der Waals surface area (Å²) in [5.41, 5.74) is 9.77. The predicted molar refractivity (Wildman–Crippen MR) is 143 cm³/mol. The lowest BCUT2D eigenvalue weighted by atomic mass is 9.96. The Labute approximate surface area is 214 Å². The highest BCUT2D eigenvalue weighted by atomic mass is 16.4. The van der Waals surface area contributed by atoms with Crippen LogP contribution in [-0.4, -0.2) is 51.0 Å². The summed E-state index contributed by atoms with van der Waals surface area (Å²) < 4.78 is 0. The maximum absolute atomic E-state index is 13.3. The number of fused-ring (bicyclic) bond motifs is 2. The molecule has 0 saturated heterocycles. The zero-order valence-electron chi connectivity index (χ0n) is 21.0. The molecule has 2 amide bonds. The van der Waals surface area contributed by atoms with Crippen LogP contribution in [0.5, 0.6) is 0 Å². The molecule has 0 spiro atoms. The van der Waals surface area contributed by atoms with E-state index in [-0.39, 0.29) is 12.3 Å². The predicted octanol–water partition coefficient (Wildman–Crippen LogP) is 2.86. The van der Waals surface area contributed by atoms with Crippen molar-refractivity contribution in [1.29, 1.82) is 0 Å². The quantitative estimate of drug-likeness (QED) is 0.186. The van der Waals surface area contributed by atoms with Crippen molar-refractivity contribution in [1.82, 2.24) is 20.6 Å². The number of carboxylic acid groups (broad SMARTS) is 1. The molecule has 37 heavy (non-hydrogen) atoms. The van der Waals surface area contributed by atoms with E-state index in [1.807, 2.05) is 68.6 Å². The van der Waals surface area contributed by atoms with Crippen molar-refractivity contribution < 1.29 is 19.5 Å². The van der Waals surface area contributed by atoms with E-state index >= 15 is 0 Å². The van der Waals surface area contributed by atoms with E-state index in [1.54, 1.807) is 6.20 Å². The number of carboxylic acids is 1. The third-order valence-corrected chi connectivity index (χ3v) is 6.96. The lowest BCUT2D eigenvalue weighted by molar-refractivity contribution is -0.142. The number of hydrogen-bond donors (Lipinski definition) is 6. The van der Waals surface area contributed by atoms with Gasteiger partial charge in [0.05, 0.1) is 6.04 Å². The number of para-hydroxylation sites is 2. The van der Waals surface area contributed by atoms with E-state index < -0.39 is 35.9 Å². The average Bonchev–Trinajstić information content (AvgIpc) is 3.50. The number of hydrogen-bond acceptors (Lipinski definition) is 4. The van der Waals surface area contributed by atoms with Gasteiger partial charge in [0, 0.05) is 40.6 Å². The highest BCUT2D eigenvalue weighted by Crippen LogP contribution is 2.20. The minimum atomic E-state index is -1.16. The monoisotopic (exact) mass is 503 g/mol. The molecule has 2 aromatic heterocycles. The van der Waals surface area contributed by atoms with Gasteiger partial charge in [0.2, 0.25) is 11.8 Å². The Bertz CT molecular complexity index is 1410. The van der Waals surface area contributed by atoms with Crippen molar-refractivity contribution in [3.05, 3.63) is 72.1 Å². The molecule has 0 bridgehead atoms. The Hall–Kier alpha value is -4.11. The second-order valence-corrected chi connectivity index (χ2v) is 9.50. The largest absolute Gasteiger partial charge is 0.480 e. The van der Waals surface area contributed by atoms with E-state index in [1.165, 1.54) is 0 Å². The molecule has 0 fully saturated rings. The number of amides is 2. The summed E-state index contributed by atoms with van der Waals surface area (Å²) >= 11 is 0. The number of rotatable bonds is 11. The van der Waals surface area contributed by atoms with Gasteiger partial charge in [0.15, 0.2) is 0 Å². The number of carbonyl (C=O) groups is 3. The Morgan fingerprint density at radius 1 is 0.865 bits per heavy atom. The lowest BCUT2D eigenvalue weighted by Crippen LogP contribution is -2.57. The van der Waals surface area contributed by atoms with Crippen molar-refractivity contribution in [3.8, 4) is 0 Å². The molecule has 4 unspecified atom stereocenters. The number of nitrogens with one attached hydrogen (secondary N) is 4. The summed E-state index contributed by atoms with van der Waals surface area (Å²) in [6.45, 7) is 3.74. The molecule has 2 heterocycles. The third-order valence-electron chi connectivity index (χ3n) is 6.96. The summed E-state index contributed by atoms with van der Waals surface area (Å²) in [4.78, 5) is 44.6. The first-order valence-electron chi connectivity index (χ1n) is 12.5. The zero-order chi connectivity index (χ0) is 26.5. The molecule has 4 atom stereocenters. The number of aliphatic carboxylic acids is 1. The Morgan fingerprint density at radius 2 is 1.41 bits per heavy atom. The topological polar surface area (TPSA) is 153 Å². The number of nitrogens with two attached hydrogens (primary N) is 1. The zero-order valence-corrected chi connectivity index (χ0v) is 21.0. The molecular formula is C28H33N5O4. The van der Waals surface area contributed by atoms with Gasteiger partial charge in [-0.2, -0.15) is 0 Å². The maximum atomic E-state index is 13.3. The van der Waals surface area contributed by atoms with E-state index in [2.05, 4.69) is 20.6 Å². The van der Waals surface area contributed by atoms with Crippen LogP contribution in [0.15, 0.2) is 60.9 Å². The van der Waals surface area contributed by atoms with Gasteiger partial charge in [0.1, 0.15) is 12.1 Å². The minimum absolute atomic E-state index is 0.104. The van der Waals surface area contributed by atoms with Gasteiger partial charge in [-0.1, -0.05) is 56.7 Å². The molecule has 2 aromatic carbocycles. The van der Waals surface area contributed by atoms with E-state index in [0.717, 1.165) is 32.9 Å². The number of aromatic nitrogens is 2. The van der Waals surface area contributed by atoms with Crippen molar-refractivity contribution in [2.75, 3.05) is 0 Å². The van der Waals surface area contributed by atoms with Crippen LogP contribution in [0.25, 0.3) is 21.8 Å². The van der Waals surface area contributed by atoms with E-state index in [9.17, 15) is 19.5 Å². The van der Waals surface area contributed by atoms with Crippen LogP contribution in [0.2, 0.25) is 0 Å². The normalized spacial score (nSPS) is 14.7. The van der Waals surface area contributed by atoms with Gasteiger partial charge in [-0.3, -0.25) is 9.59 Å². The highest BCUT2D eigenvalue weighted by molar-refractivity contribution is 5.93. The van der Waals surface area contributed by atoms with Crippen molar-refractivity contribution in [2.24, 2.45) is 11.7 Å². The van der Waals surface area contributed by atoms with Crippen molar-refractivity contribution in [3.63, 3.8) is 0 Å². The van der Waals surface area contributed by atoms with Crippen molar-refractivity contribution in [2.45, 2.75) is 51.2 Å². The molecule has 194 valence electrons. The fraction of sp³-hybridized carbons (Fsp3) is 0.321. The summed E-state index contributed by atoms with van der Waals surface area (Å²) in [6, 6.07) is 12.4. The summed E-state index contributed by atoms with van der Waals surface area (Å²) in [5, 5.41) is 17.1. The molecule has 0 aliphatic carbocycles. The first-order valence-corrected chi connectivity index (χ1v) is 12.5. The van der Waals surface area contributed by atoms with Gasteiger partial charge >= 0.3 is 5.97 Å². The molecule has 9 heteroatoms. The summed E-state index contributed by atoms with van der Waals surface area (Å²) in [7, 11) is 0. The Morgan fingerprint density at radius 3 is 1.95 bits per heavy atom. The fourth-order valence-corrected chi connectivity index (χ4v) is 4.57. The van der Waals surface area contributed by atoms with Gasteiger partial charge in [-0.15, -0.1) is 0 Å². The van der Waals surface area contributed by atoms with Crippen LogP contribution in [0.4, 0.5) is 0 Å². The van der Waals surface area contributed by atoms with Crippen LogP contribution in [0, 0.1) is 5.92 Å². The number of benzene rings is 2. The van der Waals surface area contributed by atoms with Crippen LogP contribution in [-0.2, 0) is 27.2 Å². The smallest absolute Gasteiger partial charge is 0.326 e. The molecular weight excluding hydrogens is 470 g/mol. The second-order valence-electron chi connectivity index (χ2n) is 9.50. The van der Waals surface area contributed by atoms with E-state index in [0.29, 0.717) is 12.8 Å². The molecule has 4 rings (SSSR count). The van der Waals surface area contributed by atoms with Crippen LogP contribution < -0.4 is 16.4 Å². The maximum Gasteiger partial charge on any atom is 0.326 e. The van der Waals surface area contributed by atoms with Gasteiger partial charge in [0.25, 0.3) is 0 Å². The van der Waals surface area contributed by atoms with Crippen molar-refractivity contribution >= 4 is 39.6 Å². The minimum Gasteiger partial charge on any atom is -0.480 e. The standard InChI is InChI=1S/C28H33N5O4/c1-3-16(2)25(33-26(34)21(29)12-17-14-30-22-10-6-4-8-19(17)22)27(35)32-24(28(36)37)13-18-15-31-23-11-7-5-9-20(18)23/h4-11,14-16,21,24-25,30-31H,3,12-13,29H2,1-2H3,(H,32,35)(H,33,34)(H,36,37). The molecule has 0 aliphatic rings. The molecule has 4 aromatic rings. The van der Waals surface area contributed by atoms with Gasteiger partial charge in [-0.05, 0) is 35.6 Å². The SMILES string of the molecule is CCC(C)C(NC(=O)C(N)Cc1c[nH]c2ccccc12)C(=O)NC(Cc1c[nH]c2ccccc12)C(=O)O. The first-order chi connectivity index (χ1) is 17.8. The molecule has 7 N–H and O–H groups in total. The molecule has 0 saturated carbocycles. The molecule has 9 nitrogen and oxygen atoms in total. The Balaban J connectivity index is 1.45. The van der Waals surface area contributed by atoms with Crippen LogP contribution >= 0.6 is 0 Å². The van der Waals surface area contributed by atoms with Crippen LogP contribution in [0.1, 0.15) is 31.4 Å². The van der Waals surface area contributed by atoms with Crippen LogP contribution in [0.3, 0.4) is 0 Å². The third kappa shape index (κ3) is 5.83. The number of H-pyrrole nitrogens is 2. The lowest BCUT2D eigenvalue weighted by Gasteiger charge is -2.26. The second kappa shape index (κ2) is 11.3.